The maximum atomic E-state index is 12.6. The van der Waals surface area contributed by atoms with E-state index in [0.29, 0.717) is 29.2 Å². The lowest BCUT2D eigenvalue weighted by atomic mass is 10.2. The standard InChI is InChI=1S/C12H16F2N6O/c1-3-20-9-7(10(15)18-21)4-5-16-11(9)17-12(20)19(2)6-8(13)14/h4-5,8,21H,3,6H2,1-2H3,(H2,15,18). The molecule has 114 valence electrons. The molecule has 0 saturated carbocycles. The van der Waals surface area contributed by atoms with E-state index in [-0.39, 0.29) is 5.84 Å². The fraction of sp³-hybridized carbons (Fsp3) is 0.417. The number of imidazole rings is 1. The van der Waals surface area contributed by atoms with Gasteiger partial charge in [-0.05, 0) is 13.0 Å². The van der Waals surface area contributed by atoms with Crippen LogP contribution in [0.25, 0.3) is 11.2 Å². The third kappa shape index (κ3) is 2.71. The first kappa shape index (κ1) is 14.9. The number of rotatable bonds is 5. The number of amidine groups is 1. The summed E-state index contributed by atoms with van der Waals surface area (Å²) in [7, 11) is 1.53. The van der Waals surface area contributed by atoms with E-state index in [1.165, 1.54) is 18.1 Å². The van der Waals surface area contributed by atoms with Gasteiger partial charge in [0.15, 0.2) is 11.5 Å². The minimum absolute atomic E-state index is 0.0833. The van der Waals surface area contributed by atoms with Crippen molar-refractivity contribution in [2.24, 2.45) is 10.9 Å². The minimum Gasteiger partial charge on any atom is -0.409 e. The van der Waals surface area contributed by atoms with Gasteiger partial charge in [0.1, 0.15) is 5.52 Å². The van der Waals surface area contributed by atoms with Gasteiger partial charge in [-0.25, -0.2) is 13.8 Å². The second-order valence-corrected chi connectivity index (χ2v) is 4.44. The lowest BCUT2D eigenvalue weighted by molar-refractivity contribution is 0.156. The van der Waals surface area contributed by atoms with Crippen molar-refractivity contribution in [3.63, 3.8) is 0 Å². The molecule has 2 aromatic rings. The fourth-order valence-corrected chi connectivity index (χ4v) is 2.19. The zero-order valence-corrected chi connectivity index (χ0v) is 11.7. The first-order valence-electron chi connectivity index (χ1n) is 6.32. The van der Waals surface area contributed by atoms with Gasteiger partial charge in [0, 0.05) is 25.4 Å². The molecular formula is C12H16F2N6O. The molecule has 0 saturated heterocycles. The largest absolute Gasteiger partial charge is 0.409 e. The van der Waals surface area contributed by atoms with E-state index in [1.807, 2.05) is 6.92 Å². The number of oxime groups is 1. The van der Waals surface area contributed by atoms with Crippen LogP contribution in [0.4, 0.5) is 14.7 Å². The van der Waals surface area contributed by atoms with Gasteiger partial charge in [0.25, 0.3) is 6.43 Å². The molecule has 0 bridgehead atoms. The van der Waals surface area contributed by atoms with Crippen molar-refractivity contribution in [3.05, 3.63) is 17.8 Å². The van der Waals surface area contributed by atoms with Gasteiger partial charge in [-0.15, -0.1) is 0 Å². The van der Waals surface area contributed by atoms with Gasteiger partial charge >= 0.3 is 0 Å². The Bertz CT molecular complexity index is 669. The molecule has 2 rings (SSSR count). The lowest BCUT2D eigenvalue weighted by Gasteiger charge is -2.18. The first-order valence-corrected chi connectivity index (χ1v) is 6.32. The van der Waals surface area contributed by atoms with Crippen LogP contribution in [0.3, 0.4) is 0 Å². The molecule has 0 atom stereocenters. The molecule has 0 fully saturated rings. The van der Waals surface area contributed by atoms with Gasteiger partial charge in [-0.3, -0.25) is 0 Å². The predicted octanol–water partition coefficient (Wildman–Crippen LogP) is 1.25. The van der Waals surface area contributed by atoms with Gasteiger partial charge in [-0.1, -0.05) is 5.16 Å². The molecule has 0 unspecified atom stereocenters. The first-order chi connectivity index (χ1) is 9.99. The quantitative estimate of drug-likeness (QED) is 0.375. The summed E-state index contributed by atoms with van der Waals surface area (Å²) in [6.07, 6.45) is -1.00. The zero-order chi connectivity index (χ0) is 15.6. The van der Waals surface area contributed by atoms with Gasteiger partial charge in [-0.2, -0.15) is 4.98 Å². The SMILES string of the molecule is CCn1c(N(C)CC(F)F)nc2nccc(C(N)=NO)c21. The highest BCUT2D eigenvalue weighted by Gasteiger charge is 2.20. The highest BCUT2D eigenvalue weighted by atomic mass is 19.3. The number of halogens is 2. The van der Waals surface area contributed by atoms with Crippen molar-refractivity contribution in [2.75, 3.05) is 18.5 Å². The predicted molar refractivity (Wildman–Crippen MR) is 75.0 cm³/mol. The summed E-state index contributed by atoms with van der Waals surface area (Å²) < 4.78 is 26.8. The highest BCUT2D eigenvalue weighted by Crippen LogP contribution is 2.24. The lowest BCUT2D eigenvalue weighted by Crippen LogP contribution is -2.27. The van der Waals surface area contributed by atoms with Crippen LogP contribution in [0.15, 0.2) is 17.4 Å². The maximum Gasteiger partial charge on any atom is 0.255 e. The Morgan fingerprint density at radius 2 is 2.29 bits per heavy atom. The molecule has 0 aromatic carbocycles. The van der Waals surface area contributed by atoms with Gasteiger partial charge < -0.3 is 20.4 Å². The van der Waals surface area contributed by atoms with Crippen LogP contribution >= 0.6 is 0 Å². The number of nitrogens with zero attached hydrogens (tertiary/aromatic N) is 5. The summed E-state index contributed by atoms with van der Waals surface area (Å²) in [5, 5.41) is 11.8. The van der Waals surface area contributed by atoms with Crippen LogP contribution in [0.1, 0.15) is 12.5 Å². The Balaban J connectivity index is 2.65. The molecule has 21 heavy (non-hydrogen) atoms. The summed E-state index contributed by atoms with van der Waals surface area (Å²) in [6, 6.07) is 1.59. The average Bonchev–Trinajstić information content (AvgIpc) is 2.84. The fourth-order valence-electron chi connectivity index (χ4n) is 2.19. The third-order valence-electron chi connectivity index (χ3n) is 3.08. The van der Waals surface area contributed by atoms with Crippen LogP contribution < -0.4 is 10.6 Å². The van der Waals surface area contributed by atoms with E-state index < -0.39 is 13.0 Å². The number of anilines is 1. The summed E-state index contributed by atoms with van der Waals surface area (Å²) in [6.45, 7) is 1.89. The topological polar surface area (TPSA) is 92.6 Å². The van der Waals surface area contributed by atoms with E-state index in [1.54, 1.807) is 10.6 Å². The van der Waals surface area contributed by atoms with Crippen molar-refractivity contribution < 1.29 is 14.0 Å². The molecule has 9 heteroatoms. The minimum atomic E-state index is -2.48. The molecule has 0 amide bonds. The summed E-state index contributed by atoms with van der Waals surface area (Å²) in [5.41, 5.74) is 7.01. The smallest absolute Gasteiger partial charge is 0.255 e. The maximum absolute atomic E-state index is 12.6. The number of nitrogens with two attached hydrogens (primary N) is 1. The van der Waals surface area contributed by atoms with Crippen LogP contribution in [0.2, 0.25) is 0 Å². The number of aromatic nitrogens is 3. The molecule has 2 heterocycles. The van der Waals surface area contributed by atoms with E-state index >= 15 is 0 Å². The molecule has 0 aliphatic carbocycles. The monoisotopic (exact) mass is 298 g/mol. The normalized spacial score (nSPS) is 12.3. The molecule has 0 aliphatic rings. The second kappa shape index (κ2) is 5.90. The number of alkyl halides is 2. The molecule has 0 radical (unpaired) electrons. The van der Waals surface area contributed by atoms with Crippen molar-refractivity contribution in [2.45, 2.75) is 19.9 Å². The number of hydrogen-bond donors (Lipinski definition) is 2. The molecule has 0 spiro atoms. The Morgan fingerprint density at radius 3 is 2.86 bits per heavy atom. The second-order valence-electron chi connectivity index (χ2n) is 4.44. The average molecular weight is 298 g/mol. The Hall–Kier alpha value is -2.45. The van der Waals surface area contributed by atoms with E-state index in [2.05, 4.69) is 15.1 Å². The Kier molecular flexibility index (Phi) is 4.20. The number of aryl methyl sites for hydroxylation is 1. The summed E-state index contributed by atoms with van der Waals surface area (Å²) >= 11 is 0. The molecular weight excluding hydrogens is 282 g/mol. The zero-order valence-electron chi connectivity index (χ0n) is 11.7. The van der Waals surface area contributed by atoms with Gasteiger partial charge in [0.2, 0.25) is 5.95 Å². The van der Waals surface area contributed by atoms with Crippen molar-refractivity contribution in [1.29, 1.82) is 0 Å². The molecule has 7 nitrogen and oxygen atoms in total. The summed E-state index contributed by atoms with van der Waals surface area (Å²) in [4.78, 5) is 9.73. The van der Waals surface area contributed by atoms with E-state index in [9.17, 15) is 8.78 Å². The van der Waals surface area contributed by atoms with Crippen LogP contribution in [-0.4, -0.2) is 45.6 Å². The number of pyridine rings is 1. The molecule has 2 aromatic heterocycles. The van der Waals surface area contributed by atoms with Gasteiger partial charge in [0.05, 0.1) is 6.54 Å². The van der Waals surface area contributed by atoms with Crippen molar-refractivity contribution in [3.8, 4) is 0 Å². The van der Waals surface area contributed by atoms with Crippen LogP contribution in [0, 0.1) is 0 Å². The Morgan fingerprint density at radius 1 is 1.57 bits per heavy atom. The molecule has 0 aliphatic heterocycles. The van der Waals surface area contributed by atoms with E-state index in [4.69, 9.17) is 10.9 Å². The van der Waals surface area contributed by atoms with Crippen LogP contribution in [-0.2, 0) is 6.54 Å². The molecule has 3 N–H and O–H groups in total. The van der Waals surface area contributed by atoms with Crippen LogP contribution in [0.5, 0.6) is 0 Å². The van der Waals surface area contributed by atoms with Crippen molar-refractivity contribution in [1.82, 2.24) is 14.5 Å². The number of fused-ring (bicyclic) bond motifs is 1. The number of hydrogen-bond acceptors (Lipinski definition) is 5. The Labute approximate surface area is 119 Å². The summed E-state index contributed by atoms with van der Waals surface area (Å²) in [5.74, 6) is 0.276. The third-order valence-corrected chi connectivity index (χ3v) is 3.08. The van der Waals surface area contributed by atoms with E-state index in [0.717, 1.165) is 0 Å². The van der Waals surface area contributed by atoms with Crippen molar-refractivity contribution >= 4 is 22.9 Å². The highest BCUT2D eigenvalue weighted by molar-refractivity contribution is 6.06.